The minimum Gasteiger partial charge on any atom is -0.459 e. The van der Waals surface area contributed by atoms with Crippen molar-refractivity contribution in [3.63, 3.8) is 0 Å². The van der Waals surface area contributed by atoms with Crippen LogP contribution in [0, 0.1) is 5.92 Å². The standard InChI is InChI=1S/C14H28NO2/c1-4-15(5-2,6-3)11-12-17-14(16)13-9-7-8-10-13/h13H,4-12H2,1-3H3/q+1. The Bertz CT molecular complexity index is 222. The molecule has 0 atom stereocenters. The maximum Gasteiger partial charge on any atom is 0.309 e. The van der Waals surface area contributed by atoms with Crippen molar-refractivity contribution in [1.29, 1.82) is 0 Å². The van der Waals surface area contributed by atoms with Gasteiger partial charge in [-0.3, -0.25) is 4.79 Å². The maximum atomic E-state index is 11.8. The van der Waals surface area contributed by atoms with E-state index in [9.17, 15) is 4.79 Å². The number of carbonyl (C=O) groups is 1. The quantitative estimate of drug-likeness (QED) is 0.507. The molecule has 100 valence electrons. The molecule has 0 heterocycles. The first-order chi connectivity index (χ1) is 8.17. The molecule has 0 amide bonds. The van der Waals surface area contributed by atoms with Gasteiger partial charge in [0.25, 0.3) is 0 Å². The maximum absolute atomic E-state index is 11.8. The van der Waals surface area contributed by atoms with E-state index in [-0.39, 0.29) is 11.9 Å². The first kappa shape index (κ1) is 14.5. The van der Waals surface area contributed by atoms with Crippen LogP contribution in [-0.4, -0.2) is 43.2 Å². The van der Waals surface area contributed by atoms with Gasteiger partial charge in [-0.1, -0.05) is 12.8 Å². The highest BCUT2D eigenvalue weighted by Crippen LogP contribution is 2.25. The van der Waals surface area contributed by atoms with E-state index in [1.807, 2.05) is 0 Å². The summed E-state index contributed by atoms with van der Waals surface area (Å²) in [6.07, 6.45) is 4.46. The average Bonchev–Trinajstić information content (AvgIpc) is 2.89. The fourth-order valence-electron chi connectivity index (χ4n) is 2.76. The smallest absolute Gasteiger partial charge is 0.309 e. The van der Waals surface area contributed by atoms with Crippen molar-refractivity contribution in [3.05, 3.63) is 0 Å². The average molecular weight is 242 g/mol. The van der Waals surface area contributed by atoms with E-state index < -0.39 is 0 Å². The second kappa shape index (κ2) is 7.00. The van der Waals surface area contributed by atoms with E-state index >= 15 is 0 Å². The van der Waals surface area contributed by atoms with E-state index in [1.54, 1.807) is 0 Å². The predicted molar refractivity (Wildman–Crippen MR) is 69.7 cm³/mol. The number of hydrogen-bond acceptors (Lipinski definition) is 2. The lowest BCUT2D eigenvalue weighted by Gasteiger charge is -2.35. The zero-order valence-electron chi connectivity index (χ0n) is 11.7. The van der Waals surface area contributed by atoms with Gasteiger partial charge in [0, 0.05) is 0 Å². The first-order valence-electron chi connectivity index (χ1n) is 7.19. The van der Waals surface area contributed by atoms with Gasteiger partial charge in [-0.15, -0.1) is 0 Å². The van der Waals surface area contributed by atoms with Gasteiger partial charge in [0.1, 0.15) is 13.2 Å². The number of hydrogen-bond donors (Lipinski definition) is 0. The lowest BCUT2D eigenvalue weighted by molar-refractivity contribution is -0.923. The Kier molecular flexibility index (Phi) is 5.96. The molecule has 0 aromatic carbocycles. The van der Waals surface area contributed by atoms with Crippen molar-refractivity contribution < 1.29 is 14.0 Å². The molecule has 0 spiro atoms. The minimum absolute atomic E-state index is 0.0453. The lowest BCUT2D eigenvalue weighted by atomic mass is 10.1. The molecule has 17 heavy (non-hydrogen) atoms. The zero-order valence-corrected chi connectivity index (χ0v) is 11.7. The van der Waals surface area contributed by atoms with Gasteiger partial charge in [0.15, 0.2) is 0 Å². The highest BCUT2D eigenvalue weighted by atomic mass is 16.5. The summed E-state index contributed by atoms with van der Waals surface area (Å²) in [7, 11) is 0. The van der Waals surface area contributed by atoms with Crippen LogP contribution >= 0.6 is 0 Å². The van der Waals surface area contributed by atoms with E-state index in [4.69, 9.17) is 4.74 Å². The predicted octanol–water partition coefficient (Wildman–Crippen LogP) is 2.60. The Morgan fingerprint density at radius 2 is 1.65 bits per heavy atom. The van der Waals surface area contributed by atoms with Crippen LogP contribution in [0.15, 0.2) is 0 Å². The van der Waals surface area contributed by atoms with Crippen molar-refractivity contribution in [3.8, 4) is 0 Å². The Morgan fingerprint density at radius 1 is 1.12 bits per heavy atom. The molecule has 0 aromatic rings. The molecular formula is C14H28NO2+. The van der Waals surface area contributed by atoms with Gasteiger partial charge in [-0.05, 0) is 33.6 Å². The largest absolute Gasteiger partial charge is 0.459 e. The molecule has 1 saturated carbocycles. The molecule has 3 heteroatoms. The minimum atomic E-state index is 0.0453. The van der Waals surface area contributed by atoms with E-state index in [2.05, 4.69) is 20.8 Å². The van der Waals surface area contributed by atoms with Crippen molar-refractivity contribution in [2.45, 2.75) is 46.5 Å². The SMILES string of the molecule is CC[N+](CC)(CC)CCOC(=O)C1CCCC1. The molecule has 1 aliphatic carbocycles. The molecule has 1 aliphatic rings. The van der Waals surface area contributed by atoms with Gasteiger partial charge in [0.2, 0.25) is 0 Å². The lowest BCUT2D eigenvalue weighted by Crippen LogP contribution is -2.49. The topological polar surface area (TPSA) is 26.3 Å². The number of nitrogens with zero attached hydrogens (tertiary/aromatic N) is 1. The summed E-state index contributed by atoms with van der Waals surface area (Å²) >= 11 is 0. The summed E-state index contributed by atoms with van der Waals surface area (Å²) in [5.41, 5.74) is 0. The number of quaternary nitrogens is 1. The van der Waals surface area contributed by atoms with Crippen LogP contribution in [0.2, 0.25) is 0 Å². The van der Waals surface area contributed by atoms with Gasteiger partial charge >= 0.3 is 5.97 Å². The highest BCUT2D eigenvalue weighted by Gasteiger charge is 2.26. The van der Waals surface area contributed by atoms with Crippen molar-refractivity contribution in [2.75, 3.05) is 32.8 Å². The molecule has 0 aliphatic heterocycles. The zero-order chi connectivity index (χ0) is 12.7. The van der Waals surface area contributed by atoms with E-state index in [0.717, 1.165) is 43.5 Å². The van der Waals surface area contributed by atoms with E-state index in [0.29, 0.717) is 6.61 Å². The molecular weight excluding hydrogens is 214 g/mol. The Labute approximate surface area is 106 Å². The van der Waals surface area contributed by atoms with Crippen molar-refractivity contribution in [2.24, 2.45) is 5.92 Å². The first-order valence-corrected chi connectivity index (χ1v) is 7.19. The summed E-state index contributed by atoms with van der Waals surface area (Å²) in [5, 5.41) is 0. The van der Waals surface area contributed by atoms with Crippen molar-refractivity contribution >= 4 is 5.97 Å². The van der Waals surface area contributed by atoms with Crippen LogP contribution in [0.3, 0.4) is 0 Å². The number of carbonyl (C=O) groups excluding carboxylic acids is 1. The summed E-state index contributed by atoms with van der Waals surface area (Å²) in [6.45, 7) is 11.5. The Hall–Kier alpha value is -0.570. The van der Waals surface area contributed by atoms with Crippen LogP contribution in [0.1, 0.15) is 46.5 Å². The number of rotatable bonds is 7. The Balaban J connectivity index is 2.28. The van der Waals surface area contributed by atoms with Crippen LogP contribution in [0.4, 0.5) is 0 Å². The Morgan fingerprint density at radius 3 is 2.12 bits per heavy atom. The van der Waals surface area contributed by atoms with Crippen LogP contribution < -0.4 is 0 Å². The van der Waals surface area contributed by atoms with Gasteiger partial charge in [0.05, 0.1) is 25.6 Å². The summed E-state index contributed by atoms with van der Waals surface area (Å²) in [4.78, 5) is 11.8. The third-order valence-corrected chi connectivity index (χ3v) is 4.51. The fraction of sp³-hybridized carbons (Fsp3) is 0.929. The van der Waals surface area contributed by atoms with E-state index in [1.165, 1.54) is 12.8 Å². The molecule has 0 radical (unpaired) electrons. The monoisotopic (exact) mass is 242 g/mol. The summed E-state index contributed by atoms with van der Waals surface area (Å²) < 4.78 is 6.49. The second-order valence-corrected chi connectivity index (χ2v) is 5.16. The molecule has 0 saturated heterocycles. The molecule has 0 N–H and O–H groups in total. The number of ether oxygens (including phenoxy) is 1. The van der Waals surface area contributed by atoms with Crippen LogP contribution in [0.25, 0.3) is 0 Å². The number of esters is 1. The third-order valence-electron chi connectivity index (χ3n) is 4.51. The third kappa shape index (κ3) is 3.98. The fourth-order valence-corrected chi connectivity index (χ4v) is 2.76. The van der Waals surface area contributed by atoms with Crippen molar-refractivity contribution in [1.82, 2.24) is 0 Å². The molecule has 1 fully saturated rings. The van der Waals surface area contributed by atoms with Gasteiger partial charge < -0.3 is 9.22 Å². The summed E-state index contributed by atoms with van der Waals surface area (Å²) in [6, 6.07) is 0. The number of likely N-dealkylation sites (N-methyl/N-ethyl adjacent to an activating group) is 1. The summed E-state index contributed by atoms with van der Waals surface area (Å²) in [5.74, 6) is 0.241. The second-order valence-electron chi connectivity index (χ2n) is 5.16. The molecule has 0 aromatic heterocycles. The molecule has 0 bridgehead atoms. The molecule has 0 unspecified atom stereocenters. The van der Waals surface area contributed by atoms with Crippen LogP contribution in [-0.2, 0) is 9.53 Å². The van der Waals surface area contributed by atoms with Gasteiger partial charge in [-0.25, -0.2) is 0 Å². The normalized spacial score (nSPS) is 17.4. The van der Waals surface area contributed by atoms with Gasteiger partial charge in [-0.2, -0.15) is 0 Å². The molecule has 3 nitrogen and oxygen atoms in total. The molecule has 1 rings (SSSR count). The van der Waals surface area contributed by atoms with Crippen LogP contribution in [0.5, 0.6) is 0 Å². The highest BCUT2D eigenvalue weighted by molar-refractivity contribution is 5.72.